The van der Waals surface area contributed by atoms with Crippen molar-refractivity contribution in [3.63, 3.8) is 0 Å². The van der Waals surface area contributed by atoms with Gasteiger partial charge < -0.3 is 14.9 Å². The first-order chi connectivity index (χ1) is 21.8. The molecule has 2 aromatic rings. The average molecular weight is 682 g/mol. The molecule has 46 heavy (non-hydrogen) atoms. The monoisotopic (exact) mass is 681 g/mol. The number of fused-ring (bicyclic) bond motifs is 5. The van der Waals surface area contributed by atoms with E-state index in [2.05, 4.69) is 0 Å². The van der Waals surface area contributed by atoms with Gasteiger partial charge in [0.15, 0.2) is 17.1 Å². The quantitative estimate of drug-likeness (QED) is 0.304. The van der Waals surface area contributed by atoms with Crippen LogP contribution in [0.25, 0.3) is 0 Å². The maximum absolute atomic E-state index is 17.6. The van der Waals surface area contributed by atoms with E-state index in [1.165, 1.54) is 30.0 Å². The molecule has 7 atom stereocenters. The third-order valence-electron chi connectivity index (χ3n) is 10.9. The first-order valence-electron chi connectivity index (χ1n) is 15.1. The van der Waals surface area contributed by atoms with E-state index in [-0.39, 0.29) is 40.7 Å². The molecule has 11 heteroatoms. The van der Waals surface area contributed by atoms with Crippen LogP contribution in [0.4, 0.5) is 4.39 Å². The van der Waals surface area contributed by atoms with Gasteiger partial charge in [-0.25, -0.2) is 9.18 Å². The van der Waals surface area contributed by atoms with Crippen LogP contribution in [-0.4, -0.2) is 50.2 Å². The molecule has 3 fully saturated rings. The largest absolute Gasteiger partial charge is 0.506 e. The number of aliphatic hydroxyl groups excluding tert-OH is 1. The number of ketones is 1. The van der Waals surface area contributed by atoms with Crippen molar-refractivity contribution >= 4 is 52.0 Å². The number of benzene rings is 2. The normalized spacial score (nSPS) is 34.5. The Morgan fingerprint density at radius 3 is 2.54 bits per heavy atom. The fourth-order valence-electron chi connectivity index (χ4n) is 8.52. The Balaban J connectivity index is 1.31. The zero-order valence-electron chi connectivity index (χ0n) is 25.3. The molecule has 240 valence electrons. The van der Waals surface area contributed by atoms with E-state index >= 15 is 4.39 Å². The zero-order chi connectivity index (χ0) is 33.1. The molecular formula is C35H33ClFNO6S2. The second-order valence-corrected chi connectivity index (χ2v) is 15.5. The van der Waals surface area contributed by atoms with Crippen LogP contribution in [0.3, 0.4) is 0 Å². The molecule has 0 aliphatic heterocycles. The SMILES string of the molecule is CC12C=CC(=O)C=C1CCC1C3CCC(OC(=O)c4ccc(Sc5ccc(O)c(Cl)c5)cc4)(C(=O)SCC#N)C3(C)CC(O)C12F. The third-order valence-corrected chi connectivity index (χ3v) is 13.0. The molecule has 2 N–H and O–H groups in total. The van der Waals surface area contributed by atoms with Crippen molar-refractivity contribution in [1.29, 1.82) is 5.26 Å². The molecule has 4 aliphatic rings. The summed E-state index contributed by atoms with van der Waals surface area (Å²) in [4.78, 5) is 41.5. The number of hydrogen-bond donors (Lipinski definition) is 2. The number of nitrogens with zero attached hydrogens (tertiary/aromatic N) is 1. The van der Waals surface area contributed by atoms with Crippen LogP contribution in [0, 0.1) is 34.0 Å². The lowest BCUT2D eigenvalue weighted by atomic mass is 9.45. The van der Waals surface area contributed by atoms with Crippen LogP contribution < -0.4 is 0 Å². The number of nitriles is 1. The van der Waals surface area contributed by atoms with Crippen molar-refractivity contribution in [3.8, 4) is 11.8 Å². The molecule has 0 aromatic heterocycles. The van der Waals surface area contributed by atoms with Crippen LogP contribution >= 0.6 is 35.1 Å². The number of phenols is 1. The lowest BCUT2D eigenvalue weighted by Gasteiger charge is -2.62. The molecule has 0 saturated heterocycles. The average Bonchev–Trinajstić information content (AvgIpc) is 3.31. The van der Waals surface area contributed by atoms with E-state index in [9.17, 15) is 29.9 Å². The van der Waals surface area contributed by atoms with Gasteiger partial charge in [-0.2, -0.15) is 5.26 Å². The zero-order valence-corrected chi connectivity index (χ0v) is 27.7. The Bertz CT molecular complexity index is 1720. The van der Waals surface area contributed by atoms with Crippen LogP contribution in [0.1, 0.15) is 56.3 Å². The number of rotatable bonds is 6. The number of allylic oxidation sites excluding steroid dienone is 4. The number of hydrogen-bond acceptors (Lipinski definition) is 9. The highest BCUT2D eigenvalue weighted by Gasteiger charge is 2.75. The van der Waals surface area contributed by atoms with Gasteiger partial charge in [-0.1, -0.05) is 53.7 Å². The van der Waals surface area contributed by atoms with Crippen LogP contribution in [0.15, 0.2) is 76.1 Å². The summed E-state index contributed by atoms with van der Waals surface area (Å²) in [5.41, 5.74) is -5.20. The molecule has 0 heterocycles. The number of thioether (sulfide) groups is 1. The molecule has 0 bridgehead atoms. The molecule has 3 saturated carbocycles. The summed E-state index contributed by atoms with van der Waals surface area (Å²) in [6, 6.07) is 13.5. The standard InChI is InChI=1S/C35H33ClFNO6S2/c1-32-13-11-22(39)17-21(32)5-9-26-25-12-14-34(31(43)45-16-15-38,33(25,2)19-29(41)35(26,32)37)44-30(42)20-3-6-23(7-4-20)46-24-8-10-28(40)27(36)18-24/h3-4,6-8,10-11,13,17-18,25-26,29,40-41H,5,9,12,14,16,19H2,1-2H3. The minimum Gasteiger partial charge on any atom is -0.506 e. The number of halogens is 2. The molecule has 6 rings (SSSR count). The minimum atomic E-state index is -2.09. The number of aliphatic hydroxyl groups is 1. The van der Waals surface area contributed by atoms with Crippen molar-refractivity contribution in [2.75, 3.05) is 5.75 Å². The van der Waals surface area contributed by atoms with Crippen molar-refractivity contribution in [2.45, 2.75) is 73.1 Å². The van der Waals surface area contributed by atoms with Crippen molar-refractivity contribution in [3.05, 3.63) is 76.9 Å². The number of alkyl halides is 1. The molecule has 0 spiro atoms. The summed E-state index contributed by atoms with van der Waals surface area (Å²) >= 11 is 8.19. The fraction of sp³-hybridized carbons (Fsp3) is 0.429. The Morgan fingerprint density at radius 2 is 1.85 bits per heavy atom. The van der Waals surface area contributed by atoms with Gasteiger partial charge in [-0.15, -0.1) is 0 Å². The highest BCUT2D eigenvalue weighted by Crippen LogP contribution is 2.70. The van der Waals surface area contributed by atoms with Crippen molar-refractivity contribution < 1.29 is 33.7 Å². The van der Waals surface area contributed by atoms with E-state index in [0.717, 1.165) is 21.6 Å². The lowest BCUT2D eigenvalue weighted by Crippen LogP contribution is -2.69. The molecule has 7 nitrogen and oxygen atoms in total. The van der Waals surface area contributed by atoms with Crippen molar-refractivity contribution in [1.82, 2.24) is 0 Å². The predicted octanol–water partition coefficient (Wildman–Crippen LogP) is 7.25. The smallest absolute Gasteiger partial charge is 0.339 e. The van der Waals surface area contributed by atoms with E-state index in [0.29, 0.717) is 24.8 Å². The highest BCUT2D eigenvalue weighted by atomic mass is 35.5. The Labute approximate surface area is 280 Å². The molecule has 0 radical (unpaired) electrons. The molecular weight excluding hydrogens is 649 g/mol. The summed E-state index contributed by atoms with van der Waals surface area (Å²) < 4.78 is 23.8. The summed E-state index contributed by atoms with van der Waals surface area (Å²) in [6.07, 6.45) is 4.18. The Hall–Kier alpha value is -3.10. The lowest BCUT2D eigenvalue weighted by molar-refractivity contribution is -0.214. The Kier molecular flexibility index (Phi) is 8.46. The van der Waals surface area contributed by atoms with E-state index < -0.39 is 51.1 Å². The van der Waals surface area contributed by atoms with Gasteiger partial charge in [0.05, 0.1) is 28.5 Å². The van der Waals surface area contributed by atoms with Crippen LogP contribution in [-0.2, 0) is 14.3 Å². The number of phenolic OH excluding ortho intramolecular Hbond substituents is 1. The first-order valence-corrected chi connectivity index (χ1v) is 17.3. The second kappa shape index (κ2) is 11.9. The molecule has 2 aromatic carbocycles. The number of aromatic hydroxyl groups is 1. The van der Waals surface area contributed by atoms with Crippen LogP contribution in [0.2, 0.25) is 5.02 Å². The van der Waals surface area contributed by atoms with Gasteiger partial charge in [-0.05, 0) is 99.6 Å². The van der Waals surface area contributed by atoms with Crippen LogP contribution in [0.5, 0.6) is 5.75 Å². The van der Waals surface area contributed by atoms with Gasteiger partial charge >= 0.3 is 5.97 Å². The van der Waals surface area contributed by atoms with Gasteiger partial charge in [0.2, 0.25) is 5.12 Å². The maximum Gasteiger partial charge on any atom is 0.339 e. The number of ether oxygens (including phenoxy) is 1. The summed E-state index contributed by atoms with van der Waals surface area (Å²) in [5.74, 6) is -2.14. The first kappa shape index (κ1) is 32.8. The third kappa shape index (κ3) is 4.93. The van der Waals surface area contributed by atoms with Crippen molar-refractivity contribution in [2.24, 2.45) is 22.7 Å². The summed E-state index contributed by atoms with van der Waals surface area (Å²) in [7, 11) is 0. The van der Waals surface area contributed by atoms with E-state index in [4.69, 9.17) is 16.3 Å². The fourth-order valence-corrected chi connectivity index (χ4v) is 10.4. The van der Waals surface area contributed by atoms with E-state index in [1.807, 2.05) is 13.0 Å². The maximum atomic E-state index is 17.6. The van der Waals surface area contributed by atoms with Gasteiger partial charge in [0.25, 0.3) is 0 Å². The molecule has 7 unspecified atom stereocenters. The number of esters is 1. The van der Waals surface area contributed by atoms with E-state index in [1.54, 1.807) is 49.4 Å². The van der Waals surface area contributed by atoms with Gasteiger partial charge in [0.1, 0.15) is 5.75 Å². The van der Waals surface area contributed by atoms with Gasteiger partial charge in [-0.3, -0.25) is 9.59 Å². The van der Waals surface area contributed by atoms with Gasteiger partial charge in [0, 0.05) is 26.5 Å². The number of carbonyl (C=O) groups is 3. The molecule has 4 aliphatic carbocycles. The summed E-state index contributed by atoms with van der Waals surface area (Å²) in [5, 5.41) is 30.4. The predicted molar refractivity (Wildman–Crippen MR) is 173 cm³/mol. The molecule has 0 amide bonds. The number of carbonyl (C=O) groups excluding carboxylic acids is 3. The topological polar surface area (TPSA) is 125 Å². The second-order valence-electron chi connectivity index (χ2n) is 13.0. The Morgan fingerprint density at radius 1 is 1.13 bits per heavy atom. The summed E-state index contributed by atoms with van der Waals surface area (Å²) in [6.45, 7) is 3.54. The minimum absolute atomic E-state index is 0.0207. The highest BCUT2D eigenvalue weighted by molar-refractivity contribution is 8.14.